The first kappa shape index (κ1) is 20.7. The largest absolute Gasteiger partial charge is 0.349 e. The van der Waals surface area contributed by atoms with Crippen molar-refractivity contribution in [3.8, 4) is 0 Å². The van der Waals surface area contributed by atoms with Gasteiger partial charge < -0.3 is 16.4 Å². The number of rotatable bonds is 6. The Morgan fingerprint density at radius 2 is 1.68 bits per heavy atom. The monoisotopic (exact) mass is 361 g/mol. The van der Waals surface area contributed by atoms with Crippen molar-refractivity contribution in [2.24, 2.45) is 5.73 Å². The van der Waals surface area contributed by atoms with Crippen LogP contribution in [-0.4, -0.2) is 18.4 Å². The van der Waals surface area contributed by atoms with Crippen molar-refractivity contribution in [3.63, 3.8) is 0 Å². The molecule has 5 nitrogen and oxygen atoms in total. The van der Waals surface area contributed by atoms with Crippen LogP contribution in [0.15, 0.2) is 54.6 Å². The first-order chi connectivity index (χ1) is 11.5. The standard InChI is InChI=1S/C19H23N3O2.ClH/c1-13(16-9-6-10-17(11-16)22-14(2)23)21-19(24)18(12-20)15-7-4-3-5-8-15;/h3-11,13,18H,12,20H2,1-2H3,(H,21,24)(H,22,23);1H. The molecule has 6 heteroatoms. The summed E-state index contributed by atoms with van der Waals surface area (Å²) in [4.78, 5) is 23.7. The van der Waals surface area contributed by atoms with E-state index in [0.717, 1.165) is 11.1 Å². The highest BCUT2D eigenvalue weighted by molar-refractivity contribution is 5.88. The fourth-order valence-electron chi connectivity index (χ4n) is 2.57. The Hall–Kier alpha value is -2.37. The average Bonchev–Trinajstić information content (AvgIpc) is 2.56. The molecule has 0 aliphatic carbocycles. The molecule has 0 aliphatic heterocycles. The number of hydrogen-bond donors (Lipinski definition) is 3. The predicted octanol–water partition coefficient (Wildman–Crippen LogP) is 2.99. The molecule has 0 radical (unpaired) electrons. The third kappa shape index (κ3) is 5.89. The van der Waals surface area contributed by atoms with Crippen LogP contribution in [0.4, 0.5) is 5.69 Å². The lowest BCUT2D eigenvalue weighted by Crippen LogP contribution is -2.35. The molecule has 2 aromatic rings. The van der Waals surface area contributed by atoms with Crippen molar-refractivity contribution in [1.29, 1.82) is 0 Å². The van der Waals surface area contributed by atoms with E-state index in [-0.39, 0.29) is 42.7 Å². The minimum atomic E-state index is -0.382. The summed E-state index contributed by atoms with van der Waals surface area (Å²) in [7, 11) is 0. The highest BCUT2D eigenvalue weighted by atomic mass is 35.5. The zero-order valence-electron chi connectivity index (χ0n) is 14.4. The van der Waals surface area contributed by atoms with E-state index in [2.05, 4.69) is 10.6 Å². The molecule has 0 saturated heterocycles. The van der Waals surface area contributed by atoms with Crippen molar-refractivity contribution in [3.05, 3.63) is 65.7 Å². The molecule has 0 spiro atoms. The van der Waals surface area contributed by atoms with Gasteiger partial charge in [0.1, 0.15) is 0 Å². The van der Waals surface area contributed by atoms with E-state index < -0.39 is 0 Å². The molecular weight excluding hydrogens is 338 g/mol. The van der Waals surface area contributed by atoms with Crippen LogP contribution < -0.4 is 16.4 Å². The number of carbonyl (C=O) groups excluding carboxylic acids is 2. The smallest absolute Gasteiger partial charge is 0.229 e. The van der Waals surface area contributed by atoms with E-state index in [0.29, 0.717) is 5.69 Å². The summed E-state index contributed by atoms with van der Waals surface area (Å²) >= 11 is 0. The van der Waals surface area contributed by atoms with Gasteiger partial charge in [-0.3, -0.25) is 9.59 Å². The summed E-state index contributed by atoms with van der Waals surface area (Å²) in [6, 6.07) is 16.7. The Morgan fingerprint density at radius 1 is 1.04 bits per heavy atom. The Morgan fingerprint density at radius 3 is 2.28 bits per heavy atom. The molecular formula is C19H24ClN3O2. The topological polar surface area (TPSA) is 84.2 Å². The number of nitrogens with one attached hydrogen (secondary N) is 2. The zero-order chi connectivity index (χ0) is 17.5. The summed E-state index contributed by atoms with van der Waals surface area (Å²) in [6.45, 7) is 3.61. The Kier molecular flexibility index (Phi) is 8.11. The summed E-state index contributed by atoms with van der Waals surface area (Å²) in [5.74, 6) is -0.621. The van der Waals surface area contributed by atoms with Gasteiger partial charge in [-0.15, -0.1) is 12.4 Å². The molecule has 25 heavy (non-hydrogen) atoms. The predicted molar refractivity (Wildman–Crippen MR) is 103 cm³/mol. The maximum absolute atomic E-state index is 12.6. The van der Waals surface area contributed by atoms with Crippen molar-refractivity contribution in [2.75, 3.05) is 11.9 Å². The lowest BCUT2D eigenvalue weighted by molar-refractivity contribution is -0.123. The maximum atomic E-state index is 12.6. The second kappa shape index (κ2) is 9.81. The molecule has 0 saturated carbocycles. The minimum absolute atomic E-state index is 0. The molecule has 0 aromatic heterocycles. The average molecular weight is 362 g/mol. The number of carbonyl (C=O) groups is 2. The molecule has 134 valence electrons. The van der Waals surface area contributed by atoms with Crippen LogP contribution in [0.3, 0.4) is 0 Å². The SMILES string of the molecule is CC(=O)Nc1cccc(C(C)NC(=O)C(CN)c2ccccc2)c1.Cl. The van der Waals surface area contributed by atoms with Crippen molar-refractivity contribution >= 4 is 29.9 Å². The molecule has 4 N–H and O–H groups in total. The zero-order valence-corrected chi connectivity index (χ0v) is 15.2. The van der Waals surface area contributed by atoms with Gasteiger partial charge in [-0.1, -0.05) is 42.5 Å². The molecule has 0 fully saturated rings. The van der Waals surface area contributed by atoms with Crippen LogP contribution >= 0.6 is 12.4 Å². The Bertz CT molecular complexity index is 707. The summed E-state index contributed by atoms with van der Waals surface area (Å²) in [6.07, 6.45) is 0. The van der Waals surface area contributed by atoms with Gasteiger partial charge >= 0.3 is 0 Å². The molecule has 2 rings (SSSR count). The highest BCUT2D eigenvalue weighted by Gasteiger charge is 2.20. The number of amides is 2. The van der Waals surface area contributed by atoms with Crippen molar-refractivity contribution in [2.45, 2.75) is 25.8 Å². The fourth-order valence-corrected chi connectivity index (χ4v) is 2.57. The number of halogens is 1. The number of nitrogens with two attached hydrogens (primary N) is 1. The molecule has 2 unspecified atom stereocenters. The third-order valence-electron chi connectivity index (χ3n) is 3.82. The van der Waals surface area contributed by atoms with E-state index in [4.69, 9.17) is 5.73 Å². The Balaban J connectivity index is 0.00000312. The summed E-state index contributed by atoms with van der Waals surface area (Å²) < 4.78 is 0. The van der Waals surface area contributed by atoms with Gasteiger partial charge in [0.05, 0.1) is 12.0 Å². The quantitative estimate of drug-likeness (QED) is 0.739. The van der Waals surface area contributed by atoms with Gasteiger partial charge in [-0.05, 0) is 30.2 Å². The van der Waals surface area contributed by atoms with Crippen LogP contribution in [0.1, 0.15) is 36.9 Å². The van der Waals surface area contributed by atoms with Crippen LogP contribution in [0.25, 0.3) is 0 Å². The lowest BCUT2D eigenvalue weighted by Gasteiger charge is -2.20. The number of anilines is 1. The second-order valence-electron chi connectivity index (χ2n) is 5.74. The molecule has 0 bridgehead atoms. The van der Waals surface area contributed by atoms with Gasteiger partial charge in [0.25, 0.3) is 0 Å². The normalized spacial score (nSPS) is 12.4. The number of hydrogen-bond acceptors (Lipinski definition) is 3. The first-order valence-corrected chi connectivity index (χ1v) is 7.94. The molecule has 2 atom stereocenters. The second-order valence-corrected chi connectivity index (χ2v) is 5.74. The van der Waals surface area contributed by atoms with E-state index in [1.807, 2.05) is 61.5 Å². The van der Waals surface area contributed by atoms with Crippen LogP contribution in [0.2, 0.25) is 0 Å². The van der Waals surface area contributed by atoms with E-state index in [9.17, 15) is 9.59 Å². The van der Waals surface area contributed by atoms with E-state index in [1.165, 1.54) is 6.92 Å². The van der Waals surface area contributed by atoms with Gasteiger partial charge in [-0.25, -0.2) is 0 Å². The van der Waals surface area contributed by atoms with Crippen LogP contribution in [0.5, 0.6) is 0 Å². The van der Waals surface area contributed by atoms with Gasteiger partial charge in [0.15, 0.2) is 0 Å². The Labute approximate surface area is 154 Å². The van der Waals surface area contributed by atoms with Gasteiger partial charge in [-0.2, -0.15) is 0 Å². The first-order valence-electron chi connectivity index (χ1n) is 7.94. The molecule has 2 amide bonds. The van der Waals surface area contributed by atoms with E-state index >= 15 is 0 Å². The van der Waals surface area contributed by atoms with Crippen LogP contribution in [-0.2, 0) is 9.59 Å². The molecule has 0 aliphatic rings. The van der Waals surface area contributed by atoms with Gasteiger partial charge in [0.2, 0.25) is 11.8 Å². The summed E-state index contributed by atoms with van der Waals surface area (Å²) in [5, 5.41) is 5.74. The molecule has 0 heterocycles. The van der Waals surface area contributed by atoms with E-state index in [1.54, 1.807) is 0 Å². The van der Waals surface area contributed by atoms with Gasteiger partial charge in [0, 0.05) is 19.2 Å². The maximum Gasteiger partial charge on any atom is 0.229 e. The lowest BCUT2D eigenvalue weighted by atomic mass is 9.97. The number of benzene rings is 2. The van der Waals surface area contributed by atoms with Crippen LogP contribution in [0, 0.1) is 0 Å². The summed E-state index contributed by atoms with van der Waals surface area (Å²) in [5.41, 5.74) is 8.31. The highest BCUT2D eigenvalue weighted by Crippen LogP contribution is 2.20. The third-order valence-corrected chi connectivity index (χ3v) is 3.82. The molecule has 2 aromatic carbocycles. The fraction of sp³-hybridized carbons (Fsp3) is 0.263. The van der Waals surface area contributed by atoms with Crippen molar-refractivity contribution in [1.82, 2.24) is 5.32 Å². The minimum Gasteiger partial charge on any atom is -0.349 e. The van der Waals surface area contributed by atoms with Crippen molar-refractivity contribution < 1.29 is 9.59 Å².